The molecule has 5 heteroatoms. The Morgan fingerprint density at radius 3 is 2.72 bits per heavy atom. The number of carbonyl (C=O) groups excluding carboxylic acids is 1. The fraction of sp³-hybridized carbons (Fsp3) is 0.350. The van der Waals surface area contributed by atoms with Crippen LogP contribution in [0.3, 0.4) is 0 Å². The van der Waals surface area contributed by atoms with Crippen molar-refractivity contribution in [3.8, 4) is 0 Å². The smallest absolute Gasteiger partial charge is 0.255 e. The molecule has 0 aliphatic carbocycles. The Labute approximate surface area is 152 Å². The average molecular weight is 361 g/mol. The maximum Gasteiger partial charge on any atom is 0.255 e. The van der Waals surface area contributed by atoms with Crippen LogP contribution >= 0.6 is 11.6 Å². The number of amides is 1. The first-order valence-corrected chi connectivity index (χ1v) is 8.97. The molecule has 0 unspecified atom stereocenters. The number of piperidine rings is 1. The van der Waals surface area contributed by atoms with Gasteiger partial charge in [0.25, 0.3) is 5.91 Å². The molecule has 25 heavy (non-hydrogen) atoms. The molecular formula is C20H22ClFN2O. The van der Waals surface area contributed by atoms with E-state index in [0.29, 0.717) is 11.3 Å². The van der Waals surface area contributed by atoms with Crippen LogP contribution in [-0.2, 0) is 6.54 Å². The van der Waals surface area contributed by atoms with Gasteiger partial charge in [-0.2, -0.15) is 0 Å². The summed E-state index contributed by atoms with van der Waals surface area (Å²) in [6.07, 6.45) is 2.56. The number of anilines is 1. The van der Waals surface area contributed by atoms with Gasteiger partial charge in [0, 0.05) is 24.3 Å². The van der Waals surface area contributed by atoms with Crippen LogP contribution in [0, 0.1) is 11.7 Å². The lowest BCUT2D eigenvalue weighted by molar-refractivity contribution is 0.102. The second-order valence-electron chi connectivity index (χ2n) is 6.76. The van der Waals surface area contributed by atoms with Crippen molar-refractivity contribution in [1.29, 1.82) is 0 Å². The highest BCUT2D eigenvalue weighted by atomic mass is 35.5. The van der Waals surface area contributed by atoms with E-state index in [0.717, 1.165) is 25.6 Å². The van der Waals surface area contributed by atoms with E-state index in [1.807, 2.05) is 24.3 Å². The van der Waals surface area contributed by atoms with Crippen LogP contribution in [0.2, 0.25) is 5.02 Å². The number of nitrogens with one attached hydrogen (secondary N) is 1. The summed E-state index contributed by atoms with van der Waals surface area (Å²) in [6, 6.07) is 11.8. The zero-order valence-electron chi connectivity index (χ0n) is 14.3. The van der Waals surface area contributed by atoms with Crippen molar-refractivity contribution in [3.05, 3.63) is 64.4 Å². The Hall–Kier alpha value is -1.91. The highest BCUT2D eigenvalue weighted by Gasteiger charge is 2.16. The normalized spacial score (nSPS) is 18.1. The zero-order valence-corrected chi connectivity index (χ0v) is 15.0. The van der Waals surface area contributed by atoms with Gasteiger partial charge in [-0.1, -0.05) is 30.7 Å². The first-order chi connectivity index (χ1) is 12.0. The molecule has 1 aliphatic rings. The zero-order chi connectivity index (χ0) is 17.8. The van der Waals surface area contributed by atoms with E-state index < -0.39 is 5.82 Å². The van der Waals surface area contributed by atoms with Gasteiger partial charge in [-0.3, -0.25) is 9.69 Å². The van der Waals surface area contributed by atoms with Gasteiger partial charge in [-0.15, -0.1) is 0 Å². The number of hydrogen-bond donors (Lipinski definition) is 1. The molecule has 1 saturated heterocycles. The molecule has 0 spiro atoms. The third-order valence-corrected chi connectivity index (χ3v) is 4.83. The van der Waals surface area contributed by atoms with Gasteiger partial charge < -0.3 is 5.32 Å². The molecule has 1 heterocycles. The maximum atomic E-state index is 13.2. The molecule has 1 aliphatic heterocycles. The first-order valence-electron chi connectivity index (χ1n) is 8.59. The van der Waals surface area contributed by atoms with Crippen LogP contribution < -0.4 is 5.32 Å². The Morgan fingerprint density at radius 1 is 1.28 bits per heavy atom. The fourth-order valence-corrected chi connectivity index (χ4v) is 3.41. The molecule has 1 atom stereocenters. The molecule has 0 bridgehead atoms. The van der Waals surface area contributed by atoms with Crippen molar-refractivity contribution in [2.45, 2.75) is 26.3 Å². The summed E-state index contributed by atoms with van der Waals surface area (Å²) in [5, 5.41) is 2.72. The van der Waals surface area contributed by atoms with E-state index in [1.54, 1.807) is 0 Å². The highest BCUT2D eigenvalue weighted by molar-refractivity contribution is 6.31. The Morgan fingerprint density at radius 2 is 2.04 bits per heavy atom. The van der Waals surface area contributed by atoms with Gasteiger partial charge in [-0.25, -0.2) is 4.39 Å². The summed E-state index contributed by atoms with van der Waals surface area (Å²) in [4.78, 5) is 14.8. The van der Waals surface area contributed by atoms with E-state index in [4.69, 9.17) is 11.6 Å². The standard InChI is InChI=1S/C20H22ClFN2O/c1-14-3-2-10-24(12-14)13-15-4-6-16(7-5-15)20(25)23-17-8-9-19(22)18(21)11-17/h4-9,11,14H,2-3,10,12-13H2,1H3,(H,23,25)/t14-/m0/s1. The molecule has 132 valence electrons. The summed E-state index contributed by atoms with van der Waals surface area (Å²) in [5.41, 5.74) is 2.24. The Bertz CT molecular complexity index is 748. The molecule has 2 aromatic rings. The van der Waals surface area contributed by atoms with Gasteiger partial charge in [0.05, 0.1) is 5.02 Å². The van der Waals surface area contributed by atoms with E-state index in [1.165, 1.54) is 36.6 Å². The topological polar surface area (TPSA) is 32.3 Å². The van der Waals surface area contributed by atoms with Gasteiger partial charge in [0.2, 0.25) is 0 Å². The molecule has 1 fully saturated rings. The largest absolute Gasteiger partial charge is 0.322 e. The van der Waals surface area contributed by atoms with Crippen molar-refractivity contribution in [2.75, 3.05) is 18.4 Å². The molecule has 3 rings (SSSR count). The molecule has 3 nitrogen and oxygen atoms in total. The molecule has 2 aromatic carbocycles. The molecule has 1 N–H and O–H groups in total. The summed E-state index contributed by atoms with van der Waals surface area (Å²) in [5.74, 6) is 0.0122. The van der Waals surface area contributed by atoms with Gasteiger partial charge in [0.15, 0.2) is 0 Å². The lowest BCUT2D eigenvalue weighted by atomic mass is 9.99. The van der Waals surface area contributed by atoms with Crippen molar-refractivity contribution >= 4 is 23.2 Å². The molecule has 0 saturated carbocycles. The maximum absolute atomic E-state index is 13.2. The van der Waals surface area contributed by atoms with Crippen LogP contribution in [0.5, 0.6) is 0 Å². The van der Waals surface area contributed by atoms with Crippen molar-refractivity contribution in [2.24, 2.45) is 5.92 Å². The number of nitrogens with zero attached hydrogens (tertiary/aromatic N) is 1. The average Bonchev–Trinajstić information content (AvgIpc) is 2.59. The molecular weight excluding hydrogens is 339 g/mol. The minimum absolute atomic E-state index is 0.0103. The predicted octanol–water partition coefficient (Wildman–Crippen LogP) is 4.96. The predicted molar refractivity (Wildman–Crippen MR) is 99.5 cm³/mol. The van der Waals surface area contributed by atoms with Crippen LogP contribution in [-0.4, -0.2) is 23.9 Å². The third kappa shape index (κ3) is 4.80. The van der Waals surface area contributed by atoms with Crippen LogP contribution in [0.15, 0.2) is 42.5 Å². The van der Waals surface area contributed by atoms with Crippen molar-refractivity contribution < 1.29 is 9.18 Å². The minimum Gasteiger partial charge on any atom is -0.322 e. The van der Waals surface area contributed by atoms with Gasteiger partial charge in [-0.05, 0) is 61.2 Å². The molecule has 0 radical (unpaired) electrons. The number of rotatable bonds is 4. The first kappa shape index (κ1) is 17.9. The van der Waals surface area contributed by atoms with E-state index in [-0.39, 0.29) is 10.9 Å². The lowest BCUT2D eigenvalue weighted by Crippen LogP contribution is -2.33. The monoisotopic (exact) mass is 360 g/mol. The number of likely N-dealkylation sites (tertiary alicyclic amines) is 1. The van der Waals surface area contributed by atoms with E-state index >= 15 is 0 Å². The second-order valence-corrected chi connectivity index (χ2v) is 7.17. The highest BCUT2D eigenvalue weighted by Crippen LogP contribution is 2.21. The van der Waals surface area contributed by atoms with Crippen LogP contribution in [0.25, 0.3) is 0 Å². The molecule has 0 aromatic heterocycles. The third-order valence-electron chi connectivity index (χ3n) is 4.54. The summed E-state index contributed by atoms with van der Waals surface area (Å²) < 4.78 is 13.2. The van der Waals surface area contributed by atoms with Crippen molar-refractivity contribution in [3.63, 3.8) is 0 Å². The fourth-order valence-electron chi connectivity index (χ4n) is 3.23. The van der Waals surface area contributed by atoms with E-state index in [9.17, 15) is 9.18 Å². The number of benzene rings is 2. The summed E-state index contributed by atoms with van der Waals surface area (Å²) in [6.45, 7) is 5.48. The number of carbonyl (C=O) groups is 1. The number of hydrogen-bond acceptors (Lipinski definition) is 2. The summed E-state index contributed by atoms with van der Waals surface area (Å²) in [7, 11) is 0. The van der Waals surface area contributed by atoms with Crippen LogP contribution in [0.1, 0.15) is 35.7 Å². The van der Waals surface area contributed by atoms with Gasteiger partial charge in [0.1, 0.15) is 5.82 Å². The molecule has 1 amide bonds. The number of halogens is 2. The summed E-state index contributed by atoms with van der Waals surface area (Å²) >= 11 is 5.74. The Kier molecular flexibility index (Phi) is 5.71. The van der Waals surface area contributed by atoms with Crippen molar-refractivity contribution in [1.82, 2.24) is 4.90 Å². The quantitative estimate of drug-likeness (QED) is 0.835. The van der Waals surface area contributed by atoms with Crippen LogP contribution in [0.4, 0.5) is 10.1 Å². The second kappa shape index (κ2) is 7.98. The minimum atomic E-state index is -0.504. The van der Waals surface area contributed by atoms with Gasteiger partial charge >= 0.3 is 0 Å². The van der Waals surface area contributed by atoms with E-state index in [2.05, 4.69) is 17.1 Å². The SMILES string of the molecule is C[C@H]1CCCN(Cc2ccc(C(=O)Nc3ccc(F)c(Cl)c3)cc2)C1. The Balaban J connectivity index is 1.61. The lowest BCUT2D eigenvalue weighted by Gasteiger charge is -2.30.